The number of hydrogen-bond acceptors (Lipinski definition) is 2. The molecule has 0 radical (unpaired) electrons. The molecule has 4 heteroatoms. The number of amides is 2. The van der Waals surface area contributed by atoms with E-state index >= 15 is 0 Å². The fourth-order valence-electron chi connectivity index (χ4n) is 2.77. The van der Waals surface area contributed by atoms with Crippen molar-refractivity contribution >= 4 is 11.8 Å². The maximum atomic E-state index is 12.8. The molecule has 4 nitrogen and oxygen atoms in total. The molecule has 0 spiro atoms. The molecule has 0 aromatic carbocycles. The molecule has 1 atom stereocenters. The highest BCUT2D eigenvalue weighted by Gasteiger charge is 2.49. The predicted octanol–water partition coefficient (Wildman–Crippen LogP) is 2.10. The second-order valence-electron chi connectivity index (χ2n) is 5.54. The Bertz CT molecular complexity index is 359. The van der Waals surface area contributed by atoms with E-state index in [0.717, 1.165) is 0 Å². The number of carbonyl (C=O) groups is 2. The van der Waals surface area contributed by atoms with Gasteiger partial charge in [0.05, 0.1) is 0 Å². The number of nitrogens with zero attached hydrogens (tertiary/aromatic N) is 1. The maximum Gasteiger partial charge on any atom is 0.249 e. The van der Waals surface area contributed by atoms with Crippen LogP contribution in [0.5, 0.6) is 0 Å². The Hall–Kier alpha value is -1.32. The van der Waals surface area contributed by atoms with E-state index in [9.17, 15) is 9.59 Å². The number of hydrogen-bond donors (Lipinski definition) is 1. The van der Waals surface area contributed by atoms with Crippen molar-refractivity contribution in [3.63, 3.8) is 0 Å². The number of carbonyl (C=O) groups excluding carboxylic acids is 2. The van der Waals surface area contributed by atoms with Crippen molar-refractivity contribution in [3.05, 3.63) is 12.7 Å². The molecule has 0 aromatic heterocycles. The van der Waals surface area contributed by atoms with Crippen molar-refractivity contribution in [2.75, 3.05) is 6.54 Å². The van der Waals surface area contributed by atoms with Gasteiger partial charge in [0.15, 0.2) is 0 Å². The van der Waals surface area contributed by atoms with Crippen LogP contribution in [-0.2, 0) is 9.59 Å². The fourth-order valence-corrected chi connectivity index (χ4v) is 2.77. The molecule has 1 rings (SSSR count). The number of nitrogens with one attached hydrogen (secondary N) is 1. The highest BCUT2D eigenvalue weighted by molar-refractivity contribution is 5.99. The summed E-state index contributed by atoms with van der Waals surface area (Å²) in [7, 11) is 0. The van der Waals surface area contributed by atoms with Crippen molar-refractivity contribution in [1.29, 1.82) is 0 Å². The Kier molecular flexibility index (Phi) is 5.15. The lowest BCUT2D eigenvalue weighted by atomic mass is 9.85. The van der Waals surface area contributed by atoms with Gasteiger partial charge in [0.1, 0.15) is 11.6 Å². The topological polar surface area (TPSA) is 49.4 Å². The van der Waals surface area contributed by atoms with E-state index < -0.39 is 5.54 Å². The molecule has 19 heavy (non-hydrogen) atoms. The lowest BCUT2D eigenvalue weighted by Crippen LogP contribution is -2.71. The van der Waals surface area contributed by atoms with Gasteiger partial charge in [-0.1, -0.05) is 33.8 Å². The molecule has 0 bridgehead atoms. The summed E-state index contributed by atoms with van der Waals surface area (Å²) in [5.41, 5.74) is -0.719. The van der Waals surface area contributed by atoms with Gasteiger partial charge in [-0.15, -0.1) is 6.58 Å². The van der Waals surface area contributed by atoms with E-state index in [2.05, 4.69) is 11.9 Å². The summed E-state index contributed by atoms with van der Waals surface area (Å²) in [6.45, 7) is 12.1. The van der Waals surface area contributed by atoms with Crippen LogP contribution in [0.25, 0.3) is 0 Å². The second kappa shape index (κ2) is 6.22. The Morgan fingerprint density at radius 2 is 1.95 bits per heavy atom. The van der Waals surface area contributed by atoms with Gasteiger partial charge in [0.2, 0.25) is 11.8 Å². The minimum absolute atomic E-state index is 0.0256. The Morgan fingerprint density at radius 3 is 2.37 bits per heavy atom. The summed E-state index contributed by atoms with van der Waals surface area (Å²) in [5.74, 6) is 0.139. The standard InChI is InChI=1S/C15H26N2O2/c1-6-9-10-17-12(11(4)5)13(18)16-15(7-2,8-3)14(17)19/h6,11-12H,1,7-10H2,2-5H3,(H,16,18). The number of piperazine rings is 1. The first kappa shape index (κ1) is 15.7. The summed E-state index contributed by atoms with van der Waals surface area (Å²) in [6, 6.07) is -0.362. The summed E-state index contributed by atoms with van der Waals surface area (Å²) < 4.78 is 0. The molecule has 1 aliphatic heterocycles. The minimum Gasteiger partial charge on any atom is -0.340 e. The monoisotopic (exact) mass is 266 g/mol. The molecule has 108 valence electrons. The van der Waals surface area contributed by atoms with Crippen molar-refractivity contribution in [2.45, 2.75) is 58.5 Å². The lowest BCUT2D eigenvalue weighted by molar-refractivity contribution is -0.157. The molecule has 1 heterocycles. The van der Waals surface area contributed by atoms with Crippen molar-refractivity contribution in [2.24, 2.45) is 5.92 Å². The van der Waals surface area contributed by atoms with Crippen LogP contribution >= 0.6 is 0 Å². The quantitative estimate of drug-likeness (QED) is 0.749. The zero-order chi connectivity index (χ0) is 14.6. The Morgan fingerprint density at radius 1 is 1.37 bits per heavy atom. The molecule has 1 unspecified atom stereocenters. The smallest absolute Gasteiger partial charge is 0.249 e. The minimum atomic E-state index is -0.719. The van der Waals surface area contributed by atoms with Crippen molar-refractivity contribution in [1.82, 2.24) is 10.2 Å². The van der Waals surface area contributed by atoms with Gasteiger partial charge in [-0.3, -0.25) is 9.59 Å². The lowest BCUT2D eigenvalue weighted by Gasteiger charge is -2.46. The molecule has 1 fully saturated rings. The van der Waals surface area contributed by atoms with Gasteiger partial charge >= 0.3 is 0 Å². The third-order valence-corrected chi connectivity index (χ3v) is 4.05. The fraction of sp³-hybridized carbons (Fsp3) is 0.733. The van der Waals surface area contributed by atoms with Crippen LogP contribution in [-0.4, -0.2) is 34.8 Å². The third-order valence-electron chi connectivity index (χ3n) is 4.05. The van der Waals surface area contributed by atoms with E-state index in [1.54, 1.807) is 11.0 Å². The predicted molar refractivity (Wildman–Crippen MR) is 76.6 cm³/mol. The van der Waals surface area contributed by atoms with Crippen LogP contribution in [0.15, 0.2) is 12.7 Å². The van der Waals surface area contributed by atoms with Crippen LogP contribution in [0.4, 0.5) is 0 Å². The third kappa shape index (κ3) is 2.82. The van der Waals surface area contributed by atoms with E-state index in [1.807, 2.05) is 27.7 Å². The molecule has 1 aliphatic rings. The summed E-state index contributed by atoms with van der Waals surface area (Å²) in [4.78, 5) is 26.9. The first-order valence-electron chi connectivity index (χ1n) is 7.17. The van der Waals surface area contributed by atoms with Gasteiger partial charge in [-0.05, 0) is 25.2 Å². The van der Waals surface area contributed by atoms with Crippen LogP contribution in [0, 0.1) is 5.92 Å². The van der Waals surface area contributed by atoms with Crippen LogP contribution in [0.2, 0.25) is 0 Å². The van der Waals surface area contributed by atoms with Gasteiger partial charge in [-0.2, -0.15) is 0 Å². The van der Waals surface area contributed by atoms with Crippen LogP contribution < -0.4 is 5.32 Å². The summed E-state index contributed by atoms with van der Waals surface area (Å²) in [6.07, 6.45) is 3.76. The highest BCUT2D eigenvalue weighted by atomic mass is 16.2. The van der Waals surface area contributed by atoms with E-state index in [1.165, 1.54) is 0 Å². The average molecular weight is 266 g/mol. The molecule has 0 aliphatic carbocycles. The van der Waals surface area contributed by atoms with E-state index in [-0.39, 0.29) is 23.8 Å². The van der Waals surface area contributed by atoms with E-state index in [0.29, 0.717) is 25.8 Å². The second-order valence-corrected chi connectivity index (χ2v) is 5.54. The summed E-state index contributed by atoms with van der Waals surface area (Å²) in [5, 5.41) is 2.96. The van der Waals surface area contributed by atoms with Crippen molar-refractivity contribution < 1.29 is 9.59 Å². The highest BCUT2D eigenvalue weighted by Crippen LogP contribution is 2.27. The molecule has 2 amide bonds. The van der Waals surface area contributed by atoms with Crippen molar-refractivity contribution in [3.8, 4) is 0 Å². The SMILES string of the molecule is C=CCCN1C(=O)C(CC)(CC)NC(=O)C1C(C)C. The Balaban J connectivity index is 3.11. The molecule has 0 aromatic rings. The molecule has 0 saturated carbocycles. The van der Waals surface area contributed by atoms with Gasteiger partial charge in [0.25, 0.3) is 0 Å². The van der Waals surface area contributed by atoms with Gasteiger partial charge in [-0.25, -0.2) is 0 Å². The van der Waals surface area contributed by atoms with Crippen LogP contribution in [0.1, 0.15) is 47.0 Å². The van der Waals surface area contributed by atoms with E-state index in [4.69, 9.17) is 0 Å². The zero-order valence-electron chi connectivity index (χ0n) is 12.5. The normalized spacial score (nSPS) is 22.6. The first-order valence-corrected chi connectivity index (χ1v) is 7.17. The molecular weight excluding hydrogens is 240 g/mol. The van der Waals surface area contributed by atoms with Crippen LogP contribution in [0.3, 0.4) is 0 Å². The average Bonchev–Trinajstić information content (AvgIpc) is 2.38. The number of rotatable bonds is 6. The molecule has 1 saturated heterocycles. The maximum absolute atomic E-state index is 12.8. The van der Waals surface area contributed by atoms with Gasteiger partial charge in [0, 0.05) is 6.54 Å². The summed E-state index contributed by atoms with van der Waals surface area (Å²) >= 11 is 0. The first-order chi connectivity index (χ1) is 8.93. The largest absolute Gasteiger partial charge is 0.340 e. The Labute approximate surface area is 116 Å². The zero-order valence-corrected chi connectivity index (χ0v) is 12.5. The molecular formula is C15H26N2O2. The van der Waals surface area contributed by atoms with Gasteiger partial charge < -0.3 is 10.2 Å². The molecule has 1 N–H and O–H groups in total.